The summed E-state index contributed by atoms with van der Waals surface area (Å²) in [6.45, 7) is 5.96. The highest BCUT2D eigenvalue weighted by Crippen LogP contribution is 2.28. The third-order valence-corrected chi connectivity index (χ3v) is 3.43. The summed E-state index contributed by atoms with van der Waals surface area (Å²) in [5.41, 5.74) is 1.97. The Labute approximate surface area is 122 Å². The van der Waals surface area contributed by atoms with Gasteiger partial charge in [0, 0.05) is 11.6 Å². The van der Waals surface area contributed by atoms with Crippen molar-refractivity contribution in [3.8, 4) is 5.75 Å². The molecule has 2 unspecified atom stereocenters. The highest BCUT2D eigenvalue weighted by Gasteiger charge is 2.19. The van der Waals surface area contributed by atoms with Gasteiger partial charge in [-0.2, -0.15) is 0 Å². The molecule has 1 aromatic carbocycles. The van der Waals surface area contributed by atoms with Gasteiger partial charge in [-0.15, -0.1) is 0 Å². The van der Waals surface area contributed by atoms with Crippen molar-refractivity contribution in [2.75, 3.05) is 34.3 Å². The van der Waals surface area contributed by atoms with Crippen molar-refractivity contribution in [2.45, 2.75) is 32.4 Å². The van der Waals surface area contributed by atoms with Crippen molar-refractivity contribution in [1.82, 2.24) is 10.2 Å². The molecule has 0 aliphatic carbocycles. The maximum absolute atomic E-state index is 10.5. The van der Waals surface area contributed by atoms with Gasteiger partial charge in [-0.3, -0.25) is 0 Å². The van der Waals surface area contributed by atoms with E-state index in [9.17, 15) is 5.11 Å². The molecule has 0 aliphatic rings. The minimum Gasteiger partial charge on any atom is -0.496 e. The average molecular weight is 280 g/mol. The monoisotopic (exact) mass is 280 g/mol. The Morgan fingerprint density at radius 1 is 1.35 bits per heavy atom. The van der Waals surface area contributed by atoms with Crippen LogP contribution in [0.3, 0.4) is 0 Å². The number of rotatable bonds is 8. The molecule has 20 heavy (non-hydrogen) atoms. The molecule has 0 spiro atoms. The van der Waals surface area contributed by atoms with Gasteiger partial charge in [0.25, 0.3) is 0 Å². The van der Waals surface area contributed by atoms with E-state index < -0.39 is 6.10 Å². The minimum absolute atomic E-state index is 0.00661. The van der Waals surface area contributed by atoms with Crippen LogP contribution in [0.4, 0.5) is 0 Å². The second kappa shape index (κ2) is 8.25. The zero-order chi connectivity index (χ0) is 15.1. The normalized spacial score (nSPS) is 14.3. The molecule has 0 heterocycles. The fraction of sp³-hybridized carbons (Fsp3) is 0.625. The van der Waals surface area contributed by atoms with Gasteiger partial charge in [0.1, 0.15) is 5.75 Å². The predicted molar refractivity (Wildman–Crippen MR) is 83.3 cm³/mol. The quantitative estimate of drug-likeness (QED) is 0.715. The molecular weight excluding hydrogens is 252 g/mol. The highest BCUT2D eigenvalue weighted by atomic mass is 16.5. The number of aliphatic hydroxyl groups is 1. The van der Waals surface area contributed by atoms with E-state index in [0.717, 1.165) is 36.4 Å². The maximum atomic E-state index is 10.5. The van der Waals surface area contributed by atoms with E-state index in [4.69, 9.17) is 4.74 Å². The lowest BCUT2D eigenvalue weighted by Crippen LogP contribution is -2.34. The second-order valence-corrected chi connectivity index (χ2v) is 5.59. The van der Waals surface area contributed by atoms with Crippen molar-refractivity contribution in [1.29, 1.82) is 0 Å². The zero-order valence-corrected chi connectivity index (χ0v) is 13.3. The number of aliphatic hydroxyl groups excluding tert-OH is 1. The zero-order valence-electron chi connectivity index (χ0n) is 13.3. The van der Waals surface area contributed by atoms with Crippen LogP contribution in [-0.4, -0.2) is 50.3 Å². The summed E-state index contributed by atoms with van der Waals surface area (Å²) in [5, 5.41) is 13.9. The molecule has 0 amide bonds. The first-order valence-corrected chi connectivity index (χ1v) is 7.16. The molecule has 4 nitrogen and oxygen atoms in total. The predicted octanol–water partition coefficient (Wildman–Crippen LogP) is 1.97. The van der Waals surface area contributed by atoms with E-state index in [2.05, 4.69) is 24.3 Å². The first-order valence-electron chi connectivity index (χ1n) is 7.16. The molecule has 114 valence electrons. The molecule has 4 heteroatoms. The van der Waals surface area contributed by atoms with Crippen LogP contribution in [0.2, 0.25) is 0 Å². The van der Waals surface area contributed by atoms with Crippen LogP contribution < -0.4 is 10.1 Å². The first-order chi connectivity index (χ1) is 9.45. The second-order valence-electron chi connectivity index (χ2n) is 5.59. The van der Waals surface area contributed by atoms with Crippen LogP contribution in [0.1, 0.15) is 30.6 Å². The van der Waals surface area contributed by atoms with Crippen LogP contribution in [0.25, 0.3) is 0 Å². The standard InChI is InChI=1S/C16H28N2O2/c1-12-7-8-15(20-5)14(11-12)16(19)13(2)17-9-6-10-18(3)4/h7-8,11,13,16-17,19H,6,9-10H2,1-5H3. The van der Waals surface area contributed by atoms with Gasteiger partial charge in [0.15, 0.2) is 0 Å². The van der Waals surface area contributed by atoms with Crippen molar-refractivity contribution >= 4 is 0 Å². The van der Waals surface area contributed by atoms with Gasteiger partial charge in [-0.1, -0.05) is 11.6 Å². The number of methoxy groups -OCH3 is 1. The van der Waals surface area contributed by atoms with E-state index in [1.807, 2.05) is 32.0 Å². The van der Waals surface area contributed by atoms with E-state index in [0.29, 0.717) is 0 Å². The van der Waals surface area contributed by atoms with Crippen LogP contribution in [0.15, 0.2) is 18.2 Å². The van der Waals surface area contributed by atoms with Crippen molar-refractivity contribution in [2.24, 2.45) is 0 Å². The molecule has 0 saturated carbocycles. The van der Waals surface area contributed by atoms with Gasteiger partial charge >= 0.3 is 0 Å². The summed E-state index contributed by atoms with van der Waals surface area (Å²) in [7, 11) is 5.77. The highest BCUT2D eigenvalue weighted by molar-refractivity contribution is 5.39. The molecular formula is C16H28N2O2. The summed E-state index contributed by atoms with van der Waals surface area (Å²) in [4.78, 5) is 2.16. The fourth-order valence-electron chi connectivity index (χ4n) is 2.19. The van der Waals surface area contributed by atoms with Crippen molar-refractivity contribution < 1.29 is 9.84 Å². The molecule has 0 aliphatic heterocycles. The summed E-state index contributed by atoms with van der Waals surface area (Å²) < 4.78 is 5.33. The number of benzene rings is 1. The van der Waals surface area contributed by atoms with E-state index in [1.165, 1.54) is 0 Å². The lowest BCUT2D eigenvalue weighted by molar-refractivity contribution is 0.132. The van der Waals surface area contributed by atoms with Gasteiger partial charge in [0.2, 0.25) is 0 Å². The van der Waals surface area contributed by atoms with Gasteiger partial charge in [0.05, 0.1) is 13.2 Å². The minimum atomic E-state index is -0.566. The van der Waals surface area contributed by atoms with Gasteiger partial charge in [-0.05, 0) is 59.6 Å². The number of nitrogens with one attached hydrogen (secondary N) is 1. The molecule has 0 fully saturated rings. The number of hydrogen-bond donors (Lipinski definition) is 2. The van der Waals surface area contributed by atoms with Gasteiger partial charge in [-0.25, -0.2) is 0 Å². The molecule has 0 aromatic heterocycles. The summed E-state index contributed by atoms with van der Waals surface area (Å²) in [5.74, 6) is 0.741. The summed E-state index contributed by atoms with van der Waals surface area (Å²) in [6, 6.07) is 5.88. The number of hydrogen-bond acceptors (Lipinski definition) is 4. The first kappa shape index (κ1) is 17.0. The Kier molecular flexibility index (Phi) is 6.99. The molecule has 1 aromatic rings. The summed E-state index contributed by atoms with van der Waals surface area (Å²) >= 11 is 0. The third-order valence-electron chi connectivity index (χ3n) is 3.43. The largest absolute Gasteiger partial charge is 0.496 e. The lowest BCUT2D eigenvalue weighted by atomic mass is 10.0. The van der Waals surface area contributed by atoms with Crippen LogP contribution >= 0.6 is 0 Å². The number of ether oxygens (including phenoxy) is 1. The molecule has 0 saturated heterocycles. The Balaban J connectivity index is 2.59. The van der Waals surface area contributed by atoms with Crippen LogP contribution in [0.5, 0.6) is 5.75 Å². The Bertz CT molecular complexity index is 407. The van der Waals surface area contributed by atoms with E-state index >= 15 is 0 Å². The maximum Gasteiger partial charge on any atom is 0.124 e. The van der Waals surface area contributed by atoms with Crippen molar-refractivity contribution in [3.63, 3.8) is 0 Å². The average Bonchev–Trinajstić information content (AvgIpc) is 2.42. The topological polar surface area (TPSA) is 44.7 Å². The molecule has 2 N–H and O–H groups in total. The van der Waals surface area contributed by atoms with E-state index in [1.54, 1.807) is 7.11 Å². The molecule has 0 radical (unpaired) electrons. The molecule has 2 atom stereocenters. The Morgan fingerprint density at radius 3 is 2.65 bits per heavy atom. The number of nitrogens with zero attached hydrogens (tertiary/aromatic N) is 1. The van der Waals surface area contributed by atoms with Gasteiger partial charge < -0.3 is 20.1 Å². The third kappa shape index (κ3) is 5.12. The fourth-order valence-corrected chi connectivity index (χ4v) is 2.19. The van der Waals surface area contributed by atoms with E-state index in [-0.39, 0.29) is 6.04 Å². The summed E-state index contributed by atoms with van der Waals surface area (Å²) in [6.07, 6.45) is 0.499. The molecule has 1 rings (SSSR count). The SMILES string of the molecule is COc1ccc(C)cc1C(O)C(C)NCCCN(C)C. The molecule has 0 bridgehead atoms. The smallest absolute Gasteiger partial charge is 0.124 e. The Morgan fingerprint density at radius 2 is 2.05 bits per heavy atom. The van der Waals surface area contributed by atoms with Crippen LogP contribution in [0, 0.1) is 6.92 Å². The Hall–Kier alpha value is -1.10. The number of aryl methyl sites for hydroxylation is 1. The van der Waals surface area contributed by atoms with Crippen molar-refractivity contribution in [3.05, 3.63) is 29.3 Å². The lowest BCUT2D eigenvalue weighted by Gasteiger charge is -2.23. The van der Waals surface area contributed by atoms with Crippen LogP contribution in [-0.2, 0) is 0 Å².